The Hall–Kier alpha value is -3.23. The lowest BCUT2D eigenvalue weighted by atomic mass is 10.1. The summed E-state index contributed by atoms with van der Waals surface area (Å²) in [4.78, 5) is 22.6. The number of non-ortho nitro benzene ring substituents is 1. The molecule has 0 aliphatic rings. The van der Waals surface area contributed by atoms with Gasteiger partial charge < -0.3 is 10.4 Å². The minimum absolute atomic E-state index is 0.0432. The normalized spacial score (nSPS) is 11.8. The molecule has 2 N–H and O–H groups in total. The van der Waals surface area contributed by atoms with Gasteiger partial charge in [0.2, 0.25) is 0 Å². The molecule has 0 aliphatic heterocycles. The standard InChI is InChI=1S/C19H17ClN4O4/c1-12-17(10-22-23(12)16-4-2-3-14(20)9-16)19(26)21-11-18(25)13-5-7-15(8-6-13)24(27)28/h2-10,18,25H,11H2,1H3,(H,21,26)/t18-/m1/s1. The molecular weight excluding hydrogens is 384 g/mol. The number of hydrogen-bond acceptors (Lipinski definition) is 5. The fourth-order valence-corrected chi connectivity index (χ4v) is 2.91. The van der Waals surface area contributed by atoms with Gasteiger partial charge >= 0.3 is 0 Å². The molecule has 3 aromatic rings. The Morgan fingerprint density at radius 3 is 2.68 bits per heavy atom. The number of aliphatic hydroxyl groups excluding tert-OH is 1. The van der Waals surface area contributed by atoms with Crippen LogP contribution in [0.4, 0.5) is 5.69 Å². The Bertz CT molecular complexity index is 1020. The lowest BCUT2D eigenvalue weighted by molar-refractivity contribution is -0.384. The summed E-state index contributed by atoms with van der Waals surface area (Å²) in [6.45, 7) is 1.72. The lowest BCUT2D eigenvalue weighted by Crippen LogP contribution is -2.28. The monoisotopic (exact) mass is 400 g/mol. The van der Waals surface area contributed by atoms with E-state index in [0.29, 0.717) is 21.8 Å². The van der Waals surface area contributed by atoms with Crippen LogP contribution in [0.15, 0.2) is 54.7 Å². The van der Waals surface area contributed by atoms with E-state index in [1.165, 1.54) is 30.5 Å². The quantitative estimate of drug-likeness (QED) is 0.487. The number of aliphatic hydroxyl groups is 1. The molecule has 1 atom stereocenters. The third-order valence-corrected chi connectivity index (χ3v) is 4.49. The first-order chi connectivity index (χ1) is 13.4. The molecule has 0 unspecified atom stereocenters. The van der Waals surface area contributed by atoms with Gasteiger partial charge in [0.25, 0.3) is 11.6 Å². The van der Waals surface area contributed by atoms with E-state index >= 15 is 0 Å². The Morgan fingerprint density at radius 1 is 1.32 bits per heavy atom. The number of halogens is 1. The number of nitrogens with one attached hydrogen (secondary N) is 1. The van der Waals surface area contributed by atoms with Gasteiger partial charge in [-0.2, -0.15) is 5.10 Å². The predicted octanol–water partition coefficient (Wildman–Crippen LogP) is 3.21. The zero-order valence-electron chi connectivity index (χ0n) is 14.9. The van der Waals surface area contributed by atoms with Crippen LogP contribution in [-0.2, 0) is 0 Å². The molecule has 3 rings (SSSR count). The van der Waals surface area contributed by atoms with Crippen molar-refractivity contribution in [2.24, 2.45) is 0 Å². The van der Waals surface area contributed by atoms with Gasteiger partial charge in [0.15, 0.2) is 0 Å². The first-order valence-corrected chi connectivity index (χ1v) is 8.76. The maximum absolute atomic E-state index is 12.5. The minimum atomic E-state index is -0.993. The van der Waals surface area contributed by atoms with Crippen molar-refractivity contribution < 1.29 is 14.8 Å². The molecule has 1 amide bonds. The van der Waals surface area contributed by atoms with Gasteiger partial charge in [-0.1, -0.05) is 17.7 Å². The molecule has 0 aliphatic carbocycles. The zero-order chi connectivity index (χ0) is 20.3. The summed E-state index contributed by atoms with van der Waals surface area (Å²) < 4.78 is 1.60. The van der Waals surface area contributed by atoms with Crippen LogP contribution in [0.2, 0.25) is 5.02 Å². The number of carbonyl (C=O) groups excluding carboxylic acids is 1. The molecule has 2 aromatic carbocycles. The van der Waals surface area contributed by atoms with Gasteiger partial charge in [0.05, 0.1) is 34.2 Å². The fraction of sp³-hybridized carbons (Fsp3) is 0.158. The molecule has 9 heteroatoms. The lowest BCUT2D eigenvalue weighted by Gasteiger charge is -2.12. The zero-order valence-corrected chi connectivity index (χ0v) is 15.6. The Morgan fingerprint density at radius 2 is 2.04 bits per heavy atom. The maximum atomic E-state index is 12.5. The average Bonchev–Trinajstić information content (AvgIpc) is 3.07. The number of hydrogen-bond donors (Lipinski definition) is 2. The number of nitro benzene ring substituents is 1. The van der Waals surface area contributed by atoms with Crippen LogP contribution in [0.5, 0.6) is 0 Å². The van der Waals surface area contributed by atoms with Crippen molar-refractivity contribution in [1.82, 2.24) is 15.1 Å². The van der Waals surface area contributed by atoms with Crippen molar-refractivity contribution >= 4 is 23.2 Å². The third-order valence-electron chi connectivity index (χ3n) is 4.25. The van der Waals surface area contributed by atoms with E-state index in [9.17, 15) is 20.0 Å². The molecule has 0 fully saturated rings. The van der Waals surface area contributed by atoms with Crippen molar-refractivity contribution in [2.45, 2.75) is 13.0 Å². The SMILES string of the molecule is Cc1c(C(=O)NC[C@@H](O)c2ccc([N+](=O)[O-])cc2)cnn1-c1cccc(Cl)c1. The Balaban J connectivity index is 1.67. The highest BCUT2D eigenvalue weighted by Gasteiger charge is 2.17. The molecule has 0 radical (unpaired) electrons. The molecule has 0 spiro atoms. The van der Waals surface area contributed by atoms with E-state index in [2.05, 4.69) is 10.4 Å². The van der Waals surface area contributed by atoms with E-state index in [1.807, 2.05) is 6.07 Å². The summed E-state index contributed by atoms with van der Waals surface area (Å²) in [5.74, 6) is -0.383. The highest BCUT2D eigenvalue weighted by Crippen LogP contribution is 2.19. The fourth-order valence-electron chi connectivity index (χ4n) is 2.72. The largest absolute Gasteiger partial charge is 0.387 e. The van der Waals surface area contributed by atoms with Gasteiger partial charge in [-0.3, -0.25) is 14.9 Å². The van der Waals surface area contributed by atoms with Crippen molar-refractivity contribution in [3.63, 3.8) is 0 Å². The van der Waals surface area contributed by atoms with Crippen LogP contribution in [0, 0.1) is 17.0 Å². The number of aromatic nitrogens is 2. The summed E-state index contributed by atoms with van der Waals surface area (Å²) in [7, 11) is 0. The third kappa shape index (κ3) is 4.19. The van der Waals surface area contributed by atoms with Gasteiger partial charge in [-0.15, -0.1) is 0 Å². The second-order valence-electron chi connectivity index (χ2n) is 6.11. The highest BCUT2D eigenvalue weighted by molar-refractivity contribution is 6.30. The van der Waals surface area contributed by atoms with Crippen LogP contribution in [0.3, 0.4) is 0 Å². The van der Waals surface area contributed by atoms with Gasteiger partial charge in [-0.25, -0.2) is 4.68 Å². The summed E-state index contributed by atoms with van der Waals surface area (Å²) in [5.41, 5.74) is 2.14. The Labute approximate surface area is 165 Å². The van der Waals surface area contributed by atoms with Gasteiger partial charge in [0.1, 0.15) is 0 Å². The maximum Gasteiger partial charge on any atom is 0.269 e. The molecule has 0 saturated carbocycles. The van der Waals surface area contributed by atoms with Crippen LogP contribution < -0.4 is 5.32 Å². The number of nitro groups is 1. The van der Waals surface area contributed by atoms with Crippen LogP contribution in [-0.4, -0.2) is 32.3 Å². The summed E-state index contributed by atoms with van der Waals surface area (Å²) in [5, 5.41) is 28.3. The topological polar surface area (TPSA) is 110 Å². The summed E-state index contributed by atoms with van der Waals surface area (Å²) in [6.07, 6.45) is 0.456. The van der Waals surface area contributed by atoms with Gasteiger partial charge in [-0.05, 0) is 42.8 Å². The van der Waals surface area contributed by atoms with E-state index in [0.717, 1.165) is 5.69 Å². The van der Waals surface area contributed by atoms with Crippen LogP contribution in [0.1, 0.15) is 27.7 Å². The number of carbonyl (C=O) groups is 1. The van der Waals surface area contributed by atoms with Gasteiger partial charge in [0, 0.05) is 23.7 Å². The summed E-state index contributed by atoms with van der Waals surface area (Å²) in [6, 6.07) is 12.6. The molecular formula is C19H17ClN4O4. The second-order valence-corrected chi connectivity index (χ2v) is 6.55. The van der Waals surface area contributed by atoms with E-state index < -0.39 is 11.0 Å². The number of rotatable bonds is 6. The highest BCUT2D eigenvalue weighted by atomic mass is 35.5. The summed E-state index contributed by atoms with van der Waals surface area (Å²) >= 11 is 6.00. The first-order valence-electron chi connectivity index (χ1n) is 8.38. The molecule has 8 nitrogen and oxygen atoms in total. The molecule has 144 valence electrons. The van der Waals surface area contributed by atoms with Crippen molar-refractivity contribution in [3.05, 3.63) is 86.7 Å². The smallest absolute Gasteiger partial charge is 0.269 e. The van der Waals surface area contributed by atoms with E-state index in [-0.39, 0.29) is 18.1 Å². The molecule has 28 heavy (non-hydrogen) atoms. The minimum Gasteiger partial charge on any atom is -0.387 e. The molecule has 1 aromatic heterocycles. The molecule has 1 heterocycles. The average molecular weight is 401 g/mol. The second kappa shape index (κ2) is 8.20. The Kier molecular flexibility index (Phi) is 5.72. The molecule has 0 bridgehead atoms. The first kappa shape index (κ1) is 19.5. The van der Waals surface area contributed by atoms with Crippen LogP contribution in [0.25, 0.3) is 5.69 Å². The van der Waals surface area contributed by atoms with Crippen molar-refractivity contribution in [1.29, 1.82) is 0 Å². The van der Waals surface area contributed by atoms with Crippen LogP contribution >= 0.6 is 11.6 Å². The van der Waals surface area contributed by atoms with E-state index in [1.54, 1.807) is 29.8 Å². The number of benzene rings is 2. The number of amides is 1. The molecule has 0 saturated heterocycles. The van der Waals surface area contributed by atoms with E-state index in [4.69, 9.17) is 11.6 Å². The number of nitrogens with zero attached hydrogens (tertiary/aromatic N) is 3. The predicted molar refractivity (Wildman–Crippen MR) is 104 cm³/mol. The van der Waals surface area contributed by atoms with Crippen molar-refractivity contribution in [2.75, 3.05) is 6.54 Å². The van der Waals surface area contributed by atoms with Crippen molar-refractivity contribution in [3.8, 4) is 5.69 Å².